The molecule has 172 valence electrons. The highest BCUT2D eigenvalue weighted by Gasteiger charge is 2.41. The van der Waals surface area contributed by atoms with Crippen LogP contribution in [0.4, 0.5) is 15.8 Å². The van der Waals surface area contributed by atoms with Gasteiger partial charge in [0.2, 0.25) is 0 Å². The Balaban J connectivity index is 0.000000416. The molecule has 0 aliphatic carbocycles. The molecule has 1 aromatic heterocycles. The maximum absolute atomic E-state index is 14.2. The Morgan fingerprint density at radius 2 is 2.00 bits per heavy atom. The van der Waals surface area contributed by atoms with Crippen molar-refractivity contribution in [2.45, 2.75) is 32.7 Å². The lowest BCUT2D eigenvalue weighted by molar-refractivity contribution is 0.295. The van der Waals surface area contributed by atoms with E-state index in [0.29, 0.717) is 34.9 Å². The smallest absolute Gasteiger partial charge is 0.163 e. The molecule has 32 heavy (non-hydrogen) atoms. The quantitative estimate of drug-likeness (QED) is 0.477. The summed E-state index contributed by atoms with van der Waals surface area (Å²) in [5.41, 5.74) is 2.01. The molecule has 0 amide bonds. The molecular formula is C24H29ClFN3O3. The Morgan fingerprint density at radius 1 is 1.22 bits per heavy atom. The van der Waals surface area contributed by atoms with Crippen LogP contribution < -0.4 is 14.8 Å². The van der Waals surface area contributed by atoms with Gasteiger partial charge in [-0.05, 0) is 43.5 Å². The zero-order chi connectivity index (χ0) is 22.0. The number of methoxy groups -OCH3 is 1. The van der Waals surface area contributed by atoms with E-state index in [0.717, 1.165) is 17.8 Å². The maximum atomic E-state index is 14.2. The number of halogens is 2. The minimum Gasteiger partial charge on any atom is -0.508 e. The third kappa shape index (κ3) is 5.16. The average molecular weight is 462 g/mol. The number of anilines is 2. The van der Waals surface area contributed by atoms with Crippen LogP contribution in [0.3, 0.4) is 0 Å². The van der Waals surface area contributed by atoms with E-state index in [4.69, 9.17) is 9.47 Å². The SMILES string of the molecule is C1CN2CC12.CCCOc1cc2nccc(Nc3cc(O)c(C)cc3F)c2cc1OC.Cl. The van der Waals surface area contributed by atoms with Gasteiger partial charge in [-0.1, -0.05) is 6.92 Å². The van der Waals surface area contributed by atoms with Crippen LogP contribution in [-0.4, -0.2) is 47.8 Å². The molecule has 8 heteroatoms. The molecule has 3 aromatic rings. The molecule has 6 nitrogen and oxygen atoms in total. The second-order valence-corrected chi connectivity index (χ2v) is 7.91. The van der Waals surface area contributed by atoms with Crippen molar-refractivity contribution in [2.75, 3.05) is 32.1 Å². The number of fused-ring (bicyclic) bond motifs is 2. The van der Waals surface area contributed by atoms with Gasteiger partial charge in [-0.15, -0.1) is 12.4 Å². The van der Waals surface area contributed by atoms with Crippen LogP contribution in [-0.2, 0) is 0 Å². The first-order valence-electron chi connectivity index (χ1n) is 10.6. The van der Waals surface area contributed by atoms with E-state index >= 15 is 0 Å². The van der Waals surface area contributed by atoms with Crippen molar-refractivity contribution >= 4 is 34.7 Å². The third-order valence-corrected chi connectivity index (χ3v) is 5.62. The molecule has 0 radical (unpaired) electrons. The highest BCUT2D eigenvalue weighted by Crippen LogP contribution is 2.36. The highest BCUT2D eigenvalue weighted by atomic mass is 35.5. The number of nitrogens with one attached hydrogen (secondary N) is 1. The van der Waals surface area contributed by atoms with E-state index in [2.05, 4.69) is 15.2 Å². The van der Waals surface area contributed by atoms with Crippen LogP contribution in [0.1, 0.15) is 25.3 Å². The molecule has 2 unspecified atom stereocenters. The first-order valence-corrected chi connectivity index (χ1v) is 10.6. The van der Waals surface area contributed by atoms with Gasteiger partial charge in [0, 0.05) is 48.5 Å². The highest BCUT2D eigenvalue weighted by molar-refractivity contribution is 5.95. The number of hydrogen-bond acceptors (Lipinski definition) is 6. The van der Waals surface area contributed by atoms with Gasteiger partial charge >= 0.3 is 0 Å². The molecule has 2 atom stereocenters. The molecule has 5 rings (SSSR count). The molecule has 0 bridgehead atoms. The summed E-state index contributed by atoms with van der Waals surface area (Å²) in [4.78, 5) is 6.84. The van der Waals surface area contributed by atoms with Gasteiger partial charge in [0.15, 0.2) is 11.5 Å². The standard InChI is InChI=1S/C20H21FN2O3.C4H7N.ClH/c1-4-7-26-20-11-16-13(9-19(20)25-3)15(5-6-22-16)23-17-10-18(24)12(2)8-14(17)21;1-2-5-3-4(1)5;/h5-6,8-11,24H,4,7H2,1-3H3,(H,22,23);4H,1-3H2;1H. The van der Waals surface area contributed by atoms with Crippen molar-refractivity contribution in [3.05, 3.63) is 47.9 Å². The fourth-order valence-corrected chi connectivity index (χ4v) is 3.55. The van der Waals surface area contributed by atoms with Crippen molar-refractivity contribution in [3.63, 3.8) is 0 Å². The van der Waals surface area contributed by atoms with Crippen LogP contribution in [0.5, 0.6) is 17.2 Å². The number of aromatic nitrogens is 1. The van der Waals surface area contributed by atoms with Gasteiger partial charge in [0.05, 0.1) is 24.9 Å². The van der Waals surface area contributed by atoms with Crippen LogP contribution in [0.2, 0.25) is 0 Å². The Bertz CT molecular complexity index is 1080. The van der Waals surface area contributed by atoms with Gasteiger partial charge in [-0.3, -0.25) is 9.88 Å². The largest absolute Gasteiger partial charge is 0.508 e. The first kappa shape index (κ1) is 23.9. The number of benzene rings is 2. The Kier molecular flexibility index (Phi) is 7.64. The van der Waals surface area contributed by atoms with Crippen LogP contribution >= 0.6 is 12.4 Å². The van der Waals surface area contributed by atoms with Crippen LogP contribution in [0.25, 0.3) is 10.9 Å². The van der Waals surface area contributed by atoms with E-state index in [-0.39, 0.29) is 23.8 Å². The Hall–Kier alpha value is -2.77. The van der Waals surface area contributed by atoms with E-state index in [1.54, 1.807) is 32.4 Å². The molecule has 2 aliphatic rings. The van der Waals surface area contributed by atoms with Gasteiger partial charge in [-0.2, -0.15) is 0 Å². The van der Waals surface area contributed by atoms with Gasteiger partial charge in [-0.25, -0.2) is 4.39 Å². The monoisotopic (exact) mass is 461 g/mol. The second kappa shape index (κ2) is 10.2. The van der Waals surface area contributed by atoms with Crippen molar-refractivity contribution < 1.29 is 19.0 Å². The Morgan fingerprint density at radius 3 is 2.59 bits per heavy atom. The number of ether oxygens (including phenoxy) is 2. The van der Waals surface area contributed by atoms with Gasteiger partial charge in [0.1, 0.15) is 11.6 Å². The summed E-state index contributed by atoms with van der Waals surface area (Å²) >= 11 is 0. The molecule has 2 aliphatic heterocycles. The molecule has 2 saturated heterocycles. The van der Waals surface area contributed by atoms with Crippen molar-refractivity contribution in [3.8, 4) is 17.2 Å². The number of pyridine rings is 1. The number of nitrogens with zero attached hydrogens (tertiary/aromatic N) is 2. The fourth-order valence-electron chi connectivity index (χ4n) is 3.55. The lowest BCUT2D eigenvalue weighted by Crippen LogP contribution is -2.16. The summed E-state index contributed by atoms with van der Waals surface area (Å²) in [5, 5.41) is 13.6. The van der Waals surface area contributed by atoms with Gasteiger partial charge < -0.3 is 19.9 Å². The lowest BCUT2D eigenvalue weighted by atomic mass is 10.1. The molecule has 0 saturated carbocycles. The zero-order valence-corrected chi connectivity index (χ0v) is 19.3. The van der Waals surface area contributed by atoms with E-state index in [1.807, 2.05) is 13.0 Å². The van der Waals surface area contributed by atoms with Crippen LogP contribution in [0.15, 0.2) is 36.5 Å². The third-order valence-electron chi connectivity index (χ3n) is 5.62. The number of rotatable bonds is 6. The van der Waals surface area contributed by atoms with Gasteiger partial charge in [0.25, 0.3) is 0 Å². The topological polar surface area (TPSA) is 66.6 Å². The number of phenols is 1. The number of aryl methyl sites for hydroxylation is 1. The maximum Gasteiger partial charge on any atom is 0.163 e. The van der Waals surface area contributed by atoms with E-state index < -0.39 is 5.82 Å². The first-order chi connectivity index (χ1) is 15.0. The summed E-state index contributed by atoms with van der Waals surface area (Å²) in [5.74, 6) is 0.778. The predicted octanol–water partition coefficient (Wildman–Crippen LogP) is 5.43. The molecular weight excluding hydrogens is 433 g/mol. The number of phenolic OH excluding ortho intramolecular Hbond substituents is 1. The second-order valence-electron chi connectivity index (χ2n) is 7.91. The summed E-state index contributed by atoms with van der Waals surface area (Å²) < 4.78 is 25.4. The summed E-state index contributed by atoms with van der Waals surface area (Å²) in [6.45, 7) is 7.06. The summed E-state index contributed by atoms with van der Waals surface area (Å²) in [6.07, 6.45) is 4.00. The van der Waals surface area contributed by atoms with E-state index in [9.17, 15) is 9.50 Å². The normalized spacial score (nSPS) is 17.8. The lowest BCUT2D eigenvalue weighted by Gasteiger charge is -2.15. The zero-order valence-electron chi connectivity index (χ0n) is 18.5. The number of aromatic hydroxyl groups is 1. The average Bonchev–Trinajstić information content (AvgIpc) is 3.35. The number of hydrogen-bond donors (Lipinski definition) is 2. The van der Waals surface area contributed by atoms with Crippen molar-refractivity contribution in [2.24, 2.45) is 0 Å². The summed E-state index contributed by atoms with van der Waals surface area (Å²) in [7, 11) is 1.57. The Labute approximate surface area is 193 Å². The molecule has 2 N–H and O–H groups in total. The molecule has 2 fully saturated rings. The fraction of sp³-hybridized carbons (Fsp3) is 0.375. The van der Waals surface area contributed by atoms with Crippen LogP contribution in [0, 0.1) is 12.7 Å². The molecule has 2 aromatic carbocycles. The molecule has 3 heterocycles. The minimum atomic E-state index is -0.444. The predicted molar refractivity (Wildman–Crippen MR) is 127 cm³/mol. The molecule has 0 spiro atoms. The summed E-state index contributed by atoms with van der Waals surface area (Å²) in [6, 6.07) is 9.07. The van der Waals surface area contributed by atoms with Crippen molar-refractivity contribution in [1.29, 1.82) is 0 Å². The van der Waals surface area contributed by atoms with Crippen molar-refractivity contribution in [1.82, 2.24) is 9.88 Å². The van der Waals surface area contributed by atoms with E-state index in [1.165, 1.54) is 31.6 Å². The minimum absolute atomic E-state index is 0.